The Bertz CT molecular complexity index is 979. The molecule has 0 saturated carbocycles. The molecule has 5 nitrogen and oxygen atoms in total. The highest BCUT2D eigenvalue weighted by molar-refractivity contribution is 8.18. The molecule has 0 bridgehead atoms. The van der Waals surface area contributed by atoms with Crippen molar-refractivity contribution in [2.24, 2.45) is 0 Å². The summed E-state index contributed by atoms with van der Waals surface area (Å²) in [4.78, 5) is 26.5. The minimum atomic E-state index is -0.480. The highest BCUT2D eigenvalue weighted by atomic mass is 35.5. The molecule has 0 aliphatic carbocycles. The number of hydrogen-bond donors (Lipinski definition) is 0. The zero-order valence-corrected chi connectivity index (χ0v) is 17.5. The van der Waals surface area contributed by atoms with E-state index >= 15 is 0 Å². The molecule has 0 unspecified atom stereocenters. The van der Waals surface area contributed by atoms with Crippen LogP contribution >= 0.6 is 23.4 Å². The number of benzene rings is 2. The van der Waals surface area contributed by atoms with Gasteiger partial charge in [-0.15, -0.1) is 0 Å². The van der Waals surface area contributed by atoms with E-state index in [1.165, 1.54) is 12.1 Å². The van der Waals surface area contributed by atoms with Gasteiger partial charge in [0.2, 0.25) is 0 Å². The third-order valence-electron chi connectivity index (χ3n) is 4.10. The number of carbonyl (C=O) groups excluding carboxylic acids is 2. The number of rotatable bonds is 7. The number of ether oxygens (including phenoxy) is 2. The molecule has 0 aromatic heterocycles. The van der Waals surface area contributed by atoms with E-state index in [-0.39, 0.29) is 16.5 Å². The van der Waals surface area contributed by atoms with Gasteiger partial charge in [-0.1, -0.05) is 17.7 Å². The van der Waals surface area contributed by atoms with Crippen molar-refractivity contribution in [3.8, 4) is 11.5 Å². The van der Waals surface area contributed by atoms with Crippen molar-refractivity contribution in [3.05, 3.63) is 63.3 Å². The summed E-state index contributed by atoms with van der Waals surface area (Å²) < 4.78 is 24.4. The first-order valence-corrected chi connectivity index (χ1v) is 10.2. The van der Waals surface area contributed by atoms with Gasteiger partial charge >= 0.3 is 0 Å². The third-order valence-corrected chi connectivity index (χ3v) is 5.36. The van der Waals surface area contributed by atoms with Crippen molar-refractivity contribution in [1.29, 1.82) is 0 Å². The Morgan fingerprint density at radius 2 is 1.86 bits per heavy atom. The molecule has 1 aliphatic heterocycles. The first-order valence-electron chi connectivity index (χ1n) is 9.01. The van der Waals surface area contributed by atoms with Crippen molar-refractivity contribution in [3.63, 3.8) is 0 Å². The Morgan fingerprint density at radius 1 is 1.10 bits per heavy atom. The van der Waals surface area contributed by atoms with Gasteiger partial charge in [0.15, 0.2) is 0 Å². The summed E-state index contributed by atoms with van der Waals surface area (Å²) in [5.41, 5.74) is 1.16. The van der Waals surface area contributed by atoms with Crippen LogP contribution < -0.4 is 9.47 Å². The van der Waals surface area contributed by atoms with Crippen molar-refractivity contribution < 1.29 is 23.5 Å². The maximum absolute atomic E-state index is 13.2. The van der Waals surface area contributed by atoms with Crippen molar-refractivity contribution in [2.75, 3.05) is 13.2 Å². The van der Waals surface area contributed by atoms with Crippen LogP contribution in [0.1, 0.15) is 25.0 Å². The van der Waals surface area contributed by atoms with E-state index in [9.17, 15) is 14.0 Å². The Morgan fingerprint density at radius 3 is 2.55 bits per heavy atom. The molecule has 0 atom stereocenters. The molecule has 2 amide bonds. The Balaban J connectivity index is 1.86. The van der Waals surface area contributed by atoms with Gasteiger partial charge in [0.05, 0.1) is 24.7 Å². The van der Waals surface area contributed by atoms with Crippen LogP contribution in [0.2, 0.25) is 5.02 Å². The molecular weight excluding hydrogens is 417 g/mol. The van der Waals surface area contributed by atoms with Gasteiger partial charge in [-0.2, -0.15) is 0 Å². The van der Waals surface area contributed by atoms with E-state index in [1.54, 1.807) is 24.3 Å². The monoisotopic (exact) mass is 435 g/mol. The average Bonchev–Trinajstić information content (AvgIpc) is 2.93. The average molecular weight is 436 g/mol. The summed E-state index contributed by atoms with van der Waals surface area (Å²) in [6.45, 7) is 4.69. The lowest BCUT2D eigenvalue weighted by Gasteiger charge is -2.13. The largest absolute Gasteiger partial charge is 0.494 e. The quantitative estimate of drug-likeness (QED) is 0.536. The van der Waals surface area contributed by atoms with Crippen LogP contribution in [0.3, 0.4) is 0 Å². The second-order valence-corrected chi connectivity index (χ2v) is 7.47. The number of thioether (sulfide) groups is 1. The van der Waals surface area contributed by atoms with Gasteiger partial charge in [0.1, 0.15) is 17.3 Å². The normalized spacial score (nSPS) is 15.3. The maximum Gasteiger partial charge on any atom is 0.293 e. The van der Waals surface area contributed by atoms with Gasteiger partial charge in [-0.05, 0) is 61.5 Å². The summed E-state index contributed by atoms with van der Waals surface area (Å²) in [5, 5.41) is -0.247. The predicted octanol–water partition coefficient (Wildman–Crippen LogP) is 5.51. The van der Waals surface area contributed by atoms with E-state index < -0.39 is 17.0 Å². The summed E-state index contributed by atoms with van der Waals surface area (Å²) in [7, 11) is 0. The van der Waals surface area contributed by atoms with E-state index in [2.05, 4.69) is 0 Å². The lowest BCUT2D eigenvalue weighted by Crippen LogP contribution is -2.27. The fraction of sp³-hybridized carbons (Fsp3) is 0.238. The minimum absolute atomic E-state index is 0.0251. The lowest BCUT2D eigenvalue weighted by molar-refractivity contribution is -0.123. The molecule has 0 N–H and O–H groups in total. The number of halogens is 2. The number of imide groups is 1. The number of amides is 2. The van der Waals surface area contributed by atoms with Crippen molar-refractivity contribution in [2.45, 2.75) is 20.4 Å². The number of nitrogens with zero attached hydrogens (tertiary/aromatic N) is 1. The topological polar surface area (TPSA) is 55.8 Å². The first-order chi connectivity index (χ1) is 13.9. The minimum Gasteiger partial charge on any atom is -0.494 e. The highest BCUT2D eigenvalue weighted by Gasteiger charge is 2.35. The Kier molecular flexibility index (Phi) is 6.82. The predicted molar refractivity (Wildman–Crippen MR) is 112 cm³/mol. The molecule has 3 rings (SSSR count). The molecule has 0 radical (unpaired) electrons. The summed E-state index contributed by atoms with van der Waals surface area (Å²) >= 11 is 6.87. The Hall–Kier alpha value is -2.51. The van der Waals surface area contributed by atoms with Crippen LogP contribution in [0.15, 0.2) is 41.3 Å². The highest BCUT2D eigenvalue weighted by Crippen LogP contribution is 2.36. The molecule has 1 heterocycles. The zero-order valence-electron chi connectivity index (χ0n) is 15.9. The molecule has 1 fully saturated rings. The van der Waals surface area contributed by atoms with Crippen LogP contribution in [0.4, 0.5) is 9.18 Å². The maximum atomic E-state index is 13.2. The van der Waals surface area contributed by atoms with Crippen LogP contribution in [0, 0.1) is 5.82 Å². The SMILES string of the molecule is CCOc1ccc(/C=C2\SC(=O)N(Cc3ccc(F)cc3Cl)C2=O)c(OCC)c1. The molecule has 2 aromatic rings. The molecule has 1 saturated heterocycles. The Labute approximate surface area is 177 Å². The third kappa shape index (κ3) is 4.92. The smallest absolute Gasteiger partial charge is 0.293 e. The molecule has 0 spiro atoms. The molecule has 1 aliphatic rings. The van der Waals surface area contributed by atoms with E-state index in [1.807, 2.05) is 13.8 Å². The van der Waals surface area contributed by atoms with Crippen molar-refractivity contribution in [1.82, 2.24) is 4.90 Å². The summed E-state index contributed by atoms with van der Waals surface area (Å²) in [5.74, 6) is 0.308. The van der Waals surface area contributed by atoms with Gasteiger partial charge < -0.3 is 9.47 Å². The summed E-state index contributed by atoms with van der Waals surface area (Å²) in [6.07, 6.45) is 1.62. The van der Waals surface area contributed by atoms with Crippen molar-refractivity contribution >= 4 is 40.6 Å². The van der Waals surface area contributed by atoms with Crippen LogP contribution in [-0.4, -0.2) is 29.3 Å². The van der Waals surface area contributed by atoms with Gasteiger partial charge in [-0.3, -0.25) is 14.5 Å². The second-order valence-electron chi connectivity index (χ2n) is 6.07. The lowest BCUT2D eigenvalue weighted by atomic mass is 10.1. The van der Waals surface area contributed by atoms with Gasteiger partial charge in [0.25, 0.3) is 11.1 Å². The van der Waals surface area contributed by atoms with E-state index in [0.717, 1.165) is 22.7 Å². The van der Waals surface area contributed by atoms with Crippen LogP contribution in [0.5, 0.6) is 11.5 Å². The fourth-order valence-electron chi connectivity index (χ4n) is 2.77. The van der Waals surface area contributed by atoms with Gasteiger partial charge in [0, 0.05) is 16.7 Å². The van der Waals surface area contributed by atoms with E-state index in [0.29, 0.717) is 35.8 Å². The van der Waals surface area contributed by atoms with Crippen LogP contribution in [0.25, 0.3) is 6.08 Å². The van der Waals surface area contributed by atoms with Gasteiger partial charge in [-0.25, -0.2) is 4.39 Å². The second kappa shape index (κ2) is 9.33. The first kappa shape index (κ1) is 21.2. The number of hydrogen-bond acceptors (Lipinski definition) is 5. The molecule has 8 heteroatoms. The standard InChI is InChI=1S/C21H19ClFNO4S/c1-3-27-16-8-6-13(18(11-16)28-4-2)9-19-20(25)24(21(26)29-19)12-14-5-7-15(23)10-17(14)22/h5-11H,3-4,12H2,1-2H3/b19-9-. The number of carbonyl (C=O) groups is 2. The fourth-order valence-corrected chi connectivity index (χ4v) is 3.82. The summed E-state index contributed by atoms with van der Waals surface area (Å²) in [6, 6.07) is 9.16. The molecule has 152 valence electrons. The van der Waals surface area contributed by atoms with E-state index in [4.69, 9.17) is 21.1 Å². The van der Waals surface area contributed by atoms with Crippen LogP contribution in [-0.2, 0) is 11.3 Å². The zero-order chi connectivity index (χ0) is 21.0. The molecular formula is C21H19ClFNO4S. The molecule has 2 aromatic carbocycles. The molecule has 29 heavy (non-hydrogen) atoms.